The first-order chi connectivity index (χ1) is 11.3. The van der Waals surface area contributed by atoms with Crippen molar-refractivity contribution in [3.63, 3.8) is 0 Å². The molecule has 0 bridgehead atoms. The third-order valence-electron chi connectivity index (χ3n) is 3.34. The molecular weight excluding hydrogens is 297 g/mol. The topological polar surface area (TPSA) is 12.0 Å². The molecular formula is C21H24NP. The third-order valence-corrected chi connectivity index (χ3v) is 4.58. The van der Waals surface area contributed by atoms with Crippen molar-refractivity contribution in [2.75, 3.05) is 7.05 Å². The van der Waals surface area contributed by atoms with Crippen molar-refractivity contribution in [3.05, 3.63) is 96.1 Å². The lowest BCUT2D eigenvalue weighted by Crippen LogP contribution is -2.04. The van der Waals surface area contributed by atoms with Crippen LogP contribution in [0, 0.1) is 6.92 Å². The first-order valence-corrected chi connectivity index (χ1v) is 8.85. The van der Waals surface area contributed by atoms with E-state index in [2.05, 4.69) is 97.2 Å². The van der Waals surface area contributed by atoms with E-state index < -0.39 is 0 Å². The Labute approximate surface area is 141 Å². The van der Waals surface area contributed by atoms with Crippen LogP contribution in [0.25, 0.3) is 0 Å². The van der Waals surface area contributed by atoms with Crippen LogP contribution in [0.5, 0.6) is 0 Å². The van der Waals surface area contributed by atoms with Gasteiger partial charge in [-0.15, -0.1) is 0 Å². The molecule has 118 valence electrons. The molecule has 0 aromatic heterocycles. The van der Waals surface area contributed by atoms with Crippen LogP contribution in [0.1, 0.15) is 11.1 Å². The van der Waals surface area contributed by atoms with Crippen molar-refractivity contribution in [1.82, 2.24) is 5.32 Å². The molecule has 1 N–H and O–H groups in total. The molecule has 1 nitrogen and oxygen atoms in total. The van der Waals surface area contributed by atoms with Crippen LogP contribution >= 0.6 is 8.58 Å². The fourth-order valence-corrected chi connectivity index (χ4v) is 3.17. The van der Waals surface area contributed by atoms with E-state index in [4.69, 9.17) is 0 Å². The Morgan fingerprint density at radius 3 is 1.61 bits per heavy atom. The van der Waals surface area contributed by atoms with Crippen molar-refractivity contribution >= 4 is 19.2 Å². The molecule has 2 heteroatoms. The number of hydrogen-bond donors (Lipinski definition) is 1. The minimum absolute atomic E-state index is 0.777. The number of hydrogen-bond acceptors (Lipinski definition) is 1. The van der Waals surface area contributed by atoms with Gasteiger partial charge in [0.1, 0.15) is 0 Å². The normalized spacial score (nSPS) is 9.83. The summed E-state index contributed by atoms with van der Waals surface area (Å²) in [6.45, 7) is 3.06. The van der Waals surface area contributed by atoms with Gasteiger partial charge in [-0.25, -0.2) is 0 Å². The molecule has 0 atom stereocenters. The second kappa shape index (κ2) is 9.94. The van der Waals surface area contributed by atoms with Crippen molar-refractivity contribution in [1.29, 1.82) is 0 Å². The average Bonchev–Trinajstić information content (AvgIpc) is 2.60. The van der Waals surface area contributed by atoms with E-state index in [-0.39, 0.29) is 0 Å². The second-order valence-electron chi connectivity index (χ2n) is 5.37. The van der Waals surface area contributed by atoms with Crippen molar-refractivity contribution in [2.24, 2.45) is 0 Å². The molecule has 0 fully saturated rings. The van der Waals surface area contributed by atoms with Crippen LogP contribution < -0.4 is 15.9 Å². The van der Waals surface area contributed by atoms with Gasteiger partial charge in [0.15, 0.2) is 0 Å². The van der Waals surface area contributed by atoms with Crippen LogP contribution in [0.4, 0.5) is 0 Å². The molecule has 0 heterocycles. The monoisotopic (exact) mass is 321 g/mol. The lowest BCUT2D eigenvalue weighted by atomic mass is 10.1. The zero-order valence-corrected chi connectivity index (χ0v) is 14.8. The summed E-state index contributed by atoms with van der Waals surface area (Å²) in [6.07, 6.45) is 0. The molecule has 3 aromatic rings. The largest absolute Gasteiger partial charge is 0.316 e. The van der Waals surface area contributed by atoms with Gasteiger partial charge in [-0.2, -0.15) is 0 Å². The molecule has 0 saturated carbocycles. The first kappa shape index (κ1) is 17.4. The fourth-order valence-electron chi connectivity index (χ4n) is 2.12. The summed E-state index contributed by atoms with van der Waals surface area (Å²) in [4.78, 5) is 0. The van der Waals surface area contributed by atoms with Gasteiger partial charge in [0.05, 0.1) is 0 Å². The zero-order chi connectivity index (χ0) is 16.3. The molecule has 23 heavy (non-hydrogen) atoms. The predicted molar refractivity (Wildman–Crippen MR) is 104 cm³/mol. The predicted octanol–water partition coefficient (Wildman–Crippen LogP) is 4.03. The summed E-state index contributed by atoms with van der Waals surface area (Å²) in [6, 6.07) is 29.7. The van der Waals surface area contributed by atoms with Crippen molar-refractivity contribution in [3.8, 4) is 0 Å². The third kappa shape index (κ3) is 6.78. The summed E-state index contributed by atoms with van der Waals surface area (Å²) in [7, 11) is 2.73. The van der Waals surface area contributed by atoms with E-state index in [1.807, 2.05) is 7.05 Å². The molecule has 0 unspecified atom stereocenters. The highest BCUT2D eigenvalue weighted by Gasteiger charge is 1.92. The van der Waals surface area contributed by atoms with Crippen LogP contribution in [0.2, 0.25) is 0 Å². The lowest BCUT2D eigenvalue weighted by molar-refractivity contribution is 0.817. The fraction of sp³-hybridized carbons (Fsp3) is 0.143. The van der Waals surface area contributed by atoms with E-state index in [9.17, 15) is 0 Å². The van der Waals surface area contributed by atoms with Crippen LogP contribution in [0.3, 0.4) is 0 Å². The van der Waals surface area contributed by atoms with Crippen LogP contribution in [-0.2, 0) is 6.54 Å². The molecule has 3 aromatic carbocycles. The van der Waals surface area contributed by atoms with Gasteiger partial charge in [0, 0.05) is 6.54 Å². The van der Waals surface area contributed by atoms with E-state index in [0.717, 1.165) is 15.1 Å². The number of aryl methyl sites for hydroxylation is 1. The molecule has 0 aliphatic rings. The quantitative estimate of drug-likeness (QED) is 0.716. The Balaban J connectivity index is 0.000000174. The Morgan fingerprint density at radius 1 is 0.696 bits per heavy atom. The first-order valence-electron chi connectivity index (χ1n) is 7.85. The minimum Gasteiger partial charge on any atom is -0.316 e. The van der Waals surface area contributed by atoms with Gasteiger partial charge >= 0.3 is 0 Å². The zero-order valence-electron chi connectivity index (χ0n) is 13.8. The van der Waals surface area contributed by atoms with E-state index in [1.54, 1.807) is 0 Å². The standard InChI is InChI=1S/C12H11P.C9H13N/c1-3-7-11(8-4-1)13-12-9-5-2-6-10-12;1-8-3-5-9(6-4-8)7-10-2/h1-10,13H;3-6,10H,7H2,1-2H3. The SMILES string of the molecule is CNCc1ccc(C)cc1.c1ccc(Pc2ccccc2)cc1. The number of rotatable bonds is 4. The lowest BCUT2D eigenvalue weighted by Gasteiger charge is -2.00. The van der Waals surface area contributed by atoms with Gasteiger partial charge in [-0.05, 0) is 30.1 Å². The smallest absolute Gasteiger partial charge is 0.0202 e. The van der Waals surface area contributed by atoms with Gasteiger partial charge in [-0.3, -0.25) is 0 Å². The Kier molecular flexibility index (Phi) is 7.52. The highest BCUT2D eigenvalue weighted by molar-refractivity contribution is 7.55. The summed E-state index contributed by atoms with van der Waals surface area (Å²) in [5, 5.41) is 5.90. The molecule has 0 aliphatic carbocycles. The molecule has 0 radical (unpaired) electrons. The van der Waals surface area contributed by atoms with E-state index in [0.29, 0.717) is 0 Å². The summed E-state index contributed by atoms with van der Waals surface area (Å²) in [5.74, 6) is 0. The van der Waals surface area contributed by atoms with Crippen LogP contribution in [0.15, 0.2) is 84.9 Å². The second-order valence-corrected chi connectivity index (χ2v) is 6.78. The van der Waals surface area contributed by atoms with Gasteiger partial charge in [0.2, 0.25) is 0 Å². The van der Waals surface area contributed by atoms with Gasteiger partial charge < -0.3 is 5.32 Å². The maximum atomic E-state index is 3.10. The minimum atomic E-state index is 0.777. The highest BCUT2D eigenvalue weighted by atomic mass is 31.1. The van der Waals surface area contributed by atoms with E-state index in [1.165, 1.54) is 21.7 Å². The number of benzene rings is 3. The Hall–Kier alpha value is -1.95. The molecule has 0 spiro atoms. The maximum absolute atomic E-state index is 3.10. The molecule has 0 amide bonds. The average molecular weight is 321 g/mol. The highest BCUT2D eigenvalue weighted by Crippen LogP contribution is 2.08. The molecule has 0 aliphatic heterocycles. The van der Waals surface area contributed by atoms with Gasteiger partial charge in [-0.1, -0.05) is 99.1 Å². The Bertz CT molecular complexity index is 626. The molecule has 3 rings (SSSR count). The van der Waals surface area contributed by atoms with E-state index >= 15 is 0 Å². The van der Waals surface area contributed by atoms with Crippen LogP contribution in [-0.4, -0.2) is 7.05 Å². The summed E-state index contributed by atoms with van der Waals surface area (Å²) < 4.78 is 0. The summed E-state index contributed by atoms with van der Waals surface area (Å²) in [5.41, 5.74) is 2.66. The maximum Gasteiger partial charge on any atom is 0.0202 e. The van der Waals surface area contributed by atoms with Crippen molar-refractivity contribution in [2.45, 2.75) is 13.5 Å². The molecule has 0 saturated heterocycles. The Morgan fingerprint density at radius 2 is 1.17 bits per heavy atom. The number of nitrogens with one attached hydrogen (secondary N) is 1. The summed E-state index contributed by atoms with van der Waals surface area (Å²) >= 11 is 0. The van der Waals surface area contributed by atoms with Gasteiger partial charge in [0.25, 0.3) is 0 Å². The van der Waals surface area contributed by atoms with Crippen molar-refractivity contribution < 1.29 is 0 Å².